The molecule has 7 heteroatoms. The molecule has 1 aromatic carbocycles. The van der Waals surface area contributed by atoms with Crippen LogP contribution in [-0.2, 0) is 4.74 Å². The van der Waals surface area contributed by atoms with Gasteiger partial charge in [0, 0.05) is 8.95 Å². The molecule has 0 saturated heterocycles. The molecule has 104 valence electrons. The van der Waals surface area contributed by atoms with Gasteiger partial charge in [-0.2, -0.15) is 0 Å². The van der Waals surface area contributed by atoms with Crippen molar-refractivity contribution in [3.05, 3.63) is 26.6 Å². The van der Waals surface area contributed by atoms with Crippen LogP contribution in [0.5, 0.6) is 0 Å². The maximum Gasteiger partial charge on any atom is 0.412 e. The van der Waals surface area contributed by atoms with Gasteiger partial charge >= 0.3 is 12.1 Å². The maximum atomic E-state index is 11.7. The van der Waals surface area contributed by atoms with E-state index in [-0.39, 0.29) is 5.56 Å². The number of anilines is 1. The first-order chi connectivity index (χ1) is 8.60. The van der Waals surface area contributed by atoms with Gasteiger partial charge in [-0.25, -0.2) is 9.59 Å². The summed E-state index contributed by atoms with van der Waals surface area (Å²) in [6, 6.07) is 2.81. The van der Waals surface area contributed by atoms with Crippen molar-refractivity contribution < 1.29 is 19.4 Å². The number of carbonyl (C=O) groups is 2. The molecule has 1 aromatic rings. The van der Waals surface area contributed by atoms with Crippen molar-refractivity contribution in [2.24, 2.45) is 0 Å². The number of hydrogen-bond donors (Lipinski definition) is 2. The molecule has 0 spiro atoms. The monoisotopic (exact) mass is 393 g/mol. The lowest BCUT2D eigenvalue weighted by Crippen LogP contribution is -2.27. The Bertz CT molecular complexity index is 500. The van der Waals surface area contributed by atoms with E-state index in [1.807, 2.05) is 0 Å². The quantitative estimate of drug-likeness (QED) is 0.785. The number of halogens is 2. The molecule has 0 aliphatic carbocycles. The van der Waals surface area contributed by atoms with Crippen molar-refractivity contribution in [3.8, 4) is 0 Å². The zero-order chi connectivity index (χ0) is 14.8. The van der Waals surface area contributed by atoms with E-state index in [1.54, 1.807) is 20.8 Å². The number of carbonyl (C=O) groups excluding carboxylic acids is 1. The van der Waals surface area contributed by atoms with Gasteiger partial charge in [-0.05, 0) is 64.8 Å². The van der Waals surface area contributed by atoms with Gasteiger partial charge in [0.05, 0.1) is 11.3 Å². The van der Waals surface area contributed by atoms with E-state index in [4.69, 9.17) is 9.84 Å². The first-order valence-corrected chi connectivity index (χ1v) is 6.91. The summed E-state index contributed by atoms with van der Waals surface area (Å²) in [5.41, 5.74) is -0.0860. The fourth-order valence-electron chi connectivity index (χ4n) is 1.22. The van der Waals surface area contributed by atoms with Gasteiger partial charge in [0.25, 0.3) is 0 Å². The summed E-state index contributed by atoms with van der Waals surface area (Å²) in [4.78, 5) is 22.5. The molecule has 1 rings (SSSR count). The lowest BCUT2D eigenvalue weighted by Gasteiger charge is -2.20. The Labute approximate surface area is 127 Å². The van der Waals surface area contributed by atoms with Crippen LogP contribution >= 0.6 is 31.9 Å². The van der Waals surface area contributed by atoms with Crippen molar-refractivity contribution in [3.63, 3.8) is 0 Å². The number of ether oxygens (including phenoxy) is 1. The van der Waals surface area contributed by atoms with Crippen LogP contribution in [0.4, 0.5) is 10.5 Å². The SMILES string of the molecule is CC(C)(C)OC(=O)Nc1c(Br)cc(C(=O)O)cc1Br. The minimum Gasteiger partial charge on any atom is -0.478 e. The molecule has 0 aliphatic heterocycles. The third kappa shape index (κ3) is 4.83. The van der Waals surface area contributed by atoms with Crippen LogP contribution in [0, 0.1) is 0 Å². The lowest BCUT2D eigenvalue weighted by molar-refractivity contribution is 0.0634. The summed E-state index contributed by atoms with van der Waals surface area (Å²) in [6.45, 7) is 5.26. The normalized spacial score (nSPS) is 11.0. The fourth-order valence-corrected chi connectivity index (χ4v) is 2.61. The molecular formula is C12H13Br2NO4. The zero-order valence-corrected chi connectivity index (χ0v) is 13.8. The minimum atomic E-state index is -1.05. The molecule has 0 fully saturated rings. The summed E-state index contributed by atoms with van der Waals surface area (Å²) in [7, 11) is 0. The summed E-state index contributed by atoms with van der Waals surface area (Å²) >= 11 is 6.42. The number of benzene rings is 1. The second-order valence-corrected chi connectivity index (χ2v) is 6.46. The van der Waals surface area contributed by atoms with Crippen LogP contribution in [0.25, 0.3) is 0 Å². The van der Waals surface area contributed by atoms with Crippen LogP contribution in [-0.4, -0.2) is 22.8 Å². The summed E-state index contributed by atoms with van der Waals surface area (Å²) in [5.74, 6) is -1.05. The molecular weight excluding hydrogens is 382 g/mol. The Morgan fingerprint density at radius 1 is 1.21 bits per heavy atom. The third-order valence-corrected chi connectivity index (χ3v) is 3.17. The Morgan fingerprint density at radius 2 is 1.68 bits per heavy atom. The fraction of sp³-hybridized carbons (Fsp3) is 0.333. The molecule has 0 bridgehead atoms. The van der Waals surface area contributed by atoms with Crippen molar-refractivity contribution in [2.45, 2.75) is 26.4 Å². The van der Waals surface area contributed by atoms with Crippen molar-refractivity contribution >= 4 is 49.6 Å². The Hall–Kier alpha value is -1.08. The lowest BCUT2D eigenvalue weighted by atomic mass is 10.2. The van der Waals surface area contributed by atoms with Gasteiger partial charge < -0.3 is 9.84 Å². The molecule has 19 heavy (non-hydrogen) atoms. The highest BCUT2D eigenvalue weighted by molar-refractivity contribution is 9.11. The highest BCUT2D eigenvalue weighted by atomic mass is 79.9. The van der Waals surface area contributed by atoms with Gasteiger partial charge in [0.1, 0.15) is 5.60 Å². The average Bonchev–Trinajstić information content (AvgIpc) is 2.20. The van der Waals surface area contributed by atoms with E-state index in [1.165, 1.54) is 12.1 Å². The molecule has 0 aliphatic rings. The van der Waals surface area contributed by atoms with Crippen LogP contribution in [0.3, 0.4) is 0 Å². The number of hydrogen-bond acceptors (Lipinski definition) is 3. The summed E-state index contributed by atoms with van der Waals surface area (Å²) in [5, 5.41) is 11.5. The number of rotatable bonds is 2. The number of carboxylic acids is 1. The van der Waals surface area contributed by atoms with Gasteiger partial charge in [-0.15, -0.1) is 0 Å². The zero-order valence-electron chi connectivity index (χ0n) is 10.6. The van der Waals surface area contributed by atoms with E-state index in [0.29, 0.717) is 14.6 Å². The van der Waals surface area contributed by atoms with E-state index in [9.17, 15) is 9.59 Å². The first kappa shape index (κ1) is 16.0. The molecule has 0 aromatic heterocycles. The third-order valence-electron chi connectivity index (χ3n) is 1.92. The molecule has 0 saturated carbocycles. The second-order valence-electron chi connectivity index (χ2n) is 4.75. The van der Waals surface area contributed by atoms with Gasteiger partial charge in [-0.1, -0.05) is 0 Å². The van der Waals surface area contributed by atoms with E-state index >= 15 is 0 Å². The maximum absolute atomic E-state index is 11.7. The van der Waals surface area contributed by atoms with Crippen molar-refractivity contribution in [1.82, 2.24) is 0 Å². The van der Waals surface area contributed by atoms with Crippen LogP contribution in [0.2, 0.25) is 0 Å². The molecule has 0 heterocycles. The van der Waals surface area contributed by atoms with Gasteiger partial charge in [-0.3, -0.25) is 5.32 Å². The van der Waals surface area contributed by atoms with Gasteiger partial charge in [0.2, 0.25) is 0 Å². The standard InChI is InChI=1S/C12H13Br2NO4/c1-12(2,3)19-11(18)15-9-7(13)4-6(10(16)17)5-8(9)14/h4-5H,1-3H3,(H,15,18)(H,16,17). The predicted molar refractivity (Wildman–Crippen MR) is 78.7 cm³/mol. The molecule has 5 nitrogen and oxygen atoms in total. The highest BCUT2D eigenvalue weighted by Crippen LogP contribution is 2.32. The molecule has 0 unspecified atom stereocenters. The highest BCUT2D eigenvalue weighted by Gasteiger charge is 2.19. The Kier molecular flexibility index (Phi) is 4.98. The largest absolute Gasteiger partial charge is 0.478 e. The minimum absolute atomic E-state index is 0.105. The average molecular weight is 395 g/mol. The Morgan fingerprint density at radius 3 is 2.05 bits per heavy atom. The number of carboxylic acid groups (broad SMARTS) is 1. The van der Waals surface area contributed by atoms with Crippen LogP contribution in [0.1, 0.15) is 31.1 Å². The summed E-state index contributed by atoms with van der Waals surface area (Å²) in [6.07, 6.45) is -0.614. The van der Waals surface area contributed by atoms with Crippen LogP contribution in [0.15, 0.2) is 21.1 Å². The van der Waals surface area contributed by atoms with Crippen molar-refractivity contribution in [2.75, 3.05) is 5.32 Å². The van der Waals surface area contributed by atoms with Crippen LogP contribution < -0.4 is 5.32 Å². The van der Waals surface area contributed by atoms with E-state index in [0.717, 1.165) is 0 Å². The van der Waals surface area contributed by atoms with E-state index < -0.39 is 17.7 Å². The second kappa shape index (κ2) is 5.92. The van der Waals surface area contributed by atoms with Gasteiger partial charge in [0.15, 0.2) is 0 Å². The Balaban J connectivity index is 2.97. The predicted octanol–water partition coefficient (Wildman–Crippen LogP) is 4.26. The van der Waals surface area contributed by atoms with Crippen molar-refractivity contribution in [1.29, 1.82) is 0 Å². The molecule has 2 N–H and O–H groups in total. The molecule has 0 atom stereocenters. The topological polar surface area (TPSA) is 75.6 Å². The molecule has 1 amide bonds. The molecule has 0 radical (unpaired) electrons. The number of nitrogens with one attached hydrogen (secondary N) is 1. The number of amides is 1. The van der Waals surface area contributed by atoms with E-state index in [2.05, 4.69) is 37.2 Å². The first-order valence-electron chi connectivity index (χ1n) is 5.32. The summed E-state index contributed by atoms with van der Waals surface area (Å²) < 4.78 is 6.02. The number of aromatic carboxylic acids is 1. The smallest absolute Gasteiger partial charge is 0.412 e.